The molecule has 0 aliphatic carbocycles. The van der Waals surface area contributed by atoms with Gasteiger partial charge in [0, 0.05) is 23.5 Å². The molecule has 0 fully saturated rings. The summed E-state index contributed by atoms with van der Waals surface area (Å²) in [6.45, 7) is 0.577. The summed E-state index contributed by atoms with van der Waals surface area (Å²) in [5.41, 5.74) is 5.30. The second-order valence-electron chi connectivity index (χ2n) is 2.75. The van der Waals surface area contributed by atoms with E-state index in [-0.39, 0.29) is 5.91 Å². The van der Waals surface area contributed by atoms with Crippen molar-refractivity contribution < 1.29 is 4.79 Å². The Kier molecular flexibility index (Phi) is 5.45. The molecule has 0 aliphatic heterocycles. The number of aromatic nitrogens is 1. The highest BCUT2D eigenvalue weighted by atomic mass is 35.5. The monoisotopic (exact) mass is 245 g/mol. The van der Waals surface area contributed by atoms with Crippen LogP contribution in [0.1, 0.15) is 0 Å². The molecule has 15 heavy (non-hydrogen) atoms. The molecule has 0 spiro atoms. The summed E-state index contributed by atoms with van der Waals surface area (Å²) in [5, 5.41) is 3.20. The molecule has 0 unspecified atom stereocenters. The van der Waals surface area contributed by atoms with Gasteiger partial charge in [-0.3, -0.25) is 4.79 Å². The molecule has 1 heterocycles. The lowest BCUT2D eigenvalue weighted by atomic mass is 10.4. The predicted octanol–water partition coefficient (Wildman–Crippen LogP) is 1.37. The van der Waals surface area contributed by atoms with Crippen molar-refractivity contribution in [1.82, 2.24) is 4.98 Å². The standard InChI is InChI=1S/C9H12ClN3OS/c10-7-1-3-12-8(5-7)13-9(14)6-15-4-2-11/h1,3,5H,2,4,6,11H2,(H,12,13,14). The average Bonchev–Trinajstić information content (AvgIpc) is 2.18. The number of carbonyl (C=O) groups is 1. The van der Waals surface area contributed by atoms with Crippen molar-refractivity contribution in [3.63, 3.8) is 0 Å². The normalized spacial score (nSPS) is 10.0. The van der Waals surface area contributed by atoms with E-state index in [1.807, 2.05) is 0 Å². The molecule has 1 aromatic heterocycles. The molecule has 0 atom stereocenters. The fourth-order valence-electron chi connectivity index (χ4n) is 0.900. The highest BCUT2D eigenvalue weighted by Crippen LogP contribution is 2.12. The van der Waals surface area contributed by atoms with Gasteiger partial charge in [0.2, 0.25) is 5.91 Å². The van der Waals surface area contributed by atoms with E-state index >= 15 is 0 Å². The van der Waals surface area contributed by atoms with Crippen LogP contribution in [0.5, 0.6) is 0 Å². The molecule has 0 saturated carbocycles. The molecule has 1 rings (SSSR count). The maximum absolute atomic E-state index is 11.3. The van der Waals surface area contributed by atoms with E-state index in [0.717, 1.165) is 5.75 Å². The average molecular weight is 246 g/mol. The Balaban J connectivity index is 2.37. The van der Waals surface area contributed by atoms with Crippen molar-refractivity contribution in [2.45, 2.75) is 0 Å². The maximum Gasteiger partial charge on any atom is 0.235 e. The summed E-state index contributed by atoms with van der Waals surface area (Å²) in [7, 11) is 0. The van der Waals surface area contributed by atoms with Crippen LogP contribution in [-0.4, -0.2) is 28.9 Å². The van der Waals surface area contributed by atoms with E-state index in [9.17, 15) is 4.79 Å². The molecule has 6 heteroatoms. The number of amides is 1. The molecule has 0 radical (unpaired) electrons. The lowest BCUT2D eigenvalue weighted by molar-refractivity contribution is -0.113. The zero-order valence-electron chi connectivity index (χ0n) is 8.07. The number of hydrogen-bond donors (Lipinski definition) is 2. The summed E-state index contributed by atoms with van der Waals surface area (Å²) in [6, 6.07) is 3.26. The molecular formula is C9H12ClN3OS. The highest BCUT2D eigenvalue weighted by Gasteiger charge is 2.03. The first-order valence-corrected chi connectivity index (χ1v) is 5.95. The summed E-state index contributed by atoms with van der Waals surface area (Å²) in [4.78, 5) is 15.3. The Labute approximate surface area is 97.6 Å². The van der Waals surface area contributed by atoms with Crippen LogP contribution in [0.2, 0.25) is 5.02 Å². The number of thioether (sulfide) groups is 1. The lowest BCUT2D eigenvalue weighted by Crippen LogP contribution is -2.16. The van der Waals surface area contributed by atoms with Crippen LogP contribution >= 0.6 is 23.4 Å². The van der Waals surface area contributed by atoms with Crippen LogP contribution < -0.4 is 11.1 Å². The number of nitrogens with two attached hydrogens (primary N) is 1. The molecule has 0 aliphatic rings. The molecule has 1 aromatic rings. The number of anilines is 1. The van der Waals surface area contributed by atoms with Gasteiger partial charge in [-0.2, -0.15) is 11.8 Å². The minimum absolute atomic E-state index is 0.0942. The minimum Gasteiger partial charge on any atom is -0.330 e. The Morgan fingerprint density at radius 1 is 1.67 bits per heavy atom. The predicted molar refractivity (Wildman–Crippen MR) is 64.3 cm³/mol. The summed E-state index contributed by atoms with van der Waals surface area (Å²) < 4.78 is 0. The molecule has 0 saturated heterocycles. The van der Waals surface area contributed by atoms with Crippen LogP contribution in [0.3, 0.4) is 0 Å². The van der Waals surface area contributed by atoms with E-state index in [2.05, 4.69) is 10.3 Å². The number of nitrogens with zero attached hydrogens (tertiary/aromatic N) is 1. The van der Waals surface area contributed by atoms with Crippen molar-refractivity contribution in [2.24, 2.45) is 5.73 Å². The Bertz CT molecular complexity index is 335. The van der Waals surface area contributed by atoms with Gasteiger partial charge in [-0.05, 0) is 12.1 Å². The van der Waals surface area contributed by atoms with E-state index in [4.69, 9.17) is 17.3 Å². The molecule has 0 aromatic carbocycles. The fraction of sp³-hybridized carbons (Fsp3) is 0.333. The third-order valence-electron chi connectivity index (χ3n) is 1.48. The SMILES string of the molecule is NCCSCC(=O)Nc1cc(Cl)ccn1. The zero-order chi connectivity index (χ0) is 11.1. The van der Waals surface area contributed by atoms with E-state index < -0.39 is 0 Å². The molecule has 82 valence electrons. The second kappa shape index (κ2) is 6.66. The largest absolute Gasteiger partial charge is 0.330 e. The smallest absolute Gasteiger partial charge is 0.235 e. The first kappa shape index (κ1) is 12.3. The van der Waals surface area contributed by atoms with Gasteiger partial charge in [-0.25, -0.2) is 4.98 Å². The van der Waals surface area contributed by atoms with Crippen molar-refractivity contribution in [3.05, 3.63) is 23.4 Å². The van der Waals surface area contributed by atoms with E-state index in [1.54, 1.807) is 18.3 Å². The van der Waals surface area contributed by atoms with Gasteiger partial charge in [0.1, 0.15) is 5.82 Å². The first-order chi connectivity index (χ1) is 7.22. The third-order valence-corrected chi connectivity index (χ3v) is 2.71. The van der Waals surface area contributed by atoms with Crippen LogP contribution in [0.25, 0.3) is 0 Å². The Hall–Kier alpha value is -0.780. The van der Waals surface area contributed by atoms with Crippen LogP contribution in [-0.2, 0) is 4.79 Å². The summed E-state index contributed by atoms with van der Waals surface area (Å²) in [5.74, 6) is 1.53. The lowest BCUT2D eigenvalue weighted by Gasteiger charge is -2.03. The van der Waals surface area contributed by atoms with Crippen molar-refractivity contribution >= 4 is 35.1 Å². The van der Waals surface area contributed by atoms with Crippen LogP contribution in [0.15, 0.2) is 18.3 Å². The number of pyridine rings is 1. The number of halogens is 1. The van der Waals surface area contributed by atoms with Crippen LogP contribution in [0.4, 0.5) is 5.82 Å². The summed E-state index contributed by atoms with van der Waals surface area (Å²) >= 11 is 7.23. The minimum atomic E-state index is -0.0942. The van der Waals surface area contributed by atoms with Gasteiger partial charge in [-0.15, -0.1) is 0 Å². The number of nitrogens with one attached hydrogen (secondary N) is 1. The van der Waals surface area contributed by atoms with Crippen molar-refractivity contribution in [1.29, 1.82) is 0 Å². The van der Waals surface area contributed by atoms with Crippen LogP contribution in [0, 0.1) is 0 Å². The number of hydrogen-bond acceptors (Lipinski definition) is 4. The van der Waals surface area contributed by atoms with Gasteiger partial charge >= 0.3 is 0 Å². The Morgan fingerprint density at radius 2 is 2.47 bits per heavy atom. The maximum atomic E-state index is 11.3. The number of rotatable bonds is 5. The molecule has 0 bridgehead atoms. The molecule has 1 amide bonds. The Morgan fingerprint density at radius 3 is 3.13 bits per heavy atom. The summed E-state index contributed by atoms with van der Waals surface area (Å²) in [6.07, 6.45) is 1.55. The topological polar surface area (TPSA) is 68.0 Å². The number of carbonyl (C=O) groups excluding carboxylic acids is 1. The quantitative estimate of drug-likeness (QED) is 0.769. The first-order valence-electron chi connectivity index (χ1n) is 4.41. The molecular weight excluding hydrogens is 234 g/mol. The van der Waals surface area contributed by atoms with Gasteiger partial charge in [0.15, 0.2) is 0 Å². The zero-order valence-corrected chi connectivity index (χ0v) is 9.64. The third kappa shape index (κ3) is 5.01. The molecule has 4 nitrogen and oxygen atoms in total. The van der Waals surface area contributed by atoms with E-state index in [0.29, 0.717) is 23.1 Å². The fourth-order valence-corrected chi connectivity index (χ4v) is 1.63. The van der Waals surface area contributed by atoms with E-state index in [1.165, 1.54) is 11.8 Å². The van der Waals surface area contributed by atoms with Gasteiger partial charge < -0.3 is 11.1 Å². The molecule has 3 N–H and O–H groups in total. The van der Waals surface area contributed by atoms with Gasteiger partial charge in [0.05, 0.1) is 5.75 Å². The van der Waals surface area contributed by atoms with Crippen molar-refractivity contribution in [3.8, 4) is 0 Å². The van der Waals surface area contributed by atoms with Gasteiger partial charge in [-0.1, -0.05) is 11.6 Å². The van der Waals surface area contributed by atoms with Gasteiger partial charge in [0.25, 0.3) is 0 Å². The van der Waals surface area contributed by atoms with Crippen molar-refractivity contribution in [2.75, 3.05) is 23.4 Å². The second-order valence-corrected chi connectivity index (χ2v) is 4.29. The highest BCUT2D eigenvalue weighted by molar-refractivity contribution is 7.99.